The molecule has 2 amide bonds. The molecule has 1 unspecified atom stereocenters. The van der Waals surface area contributed by atoms with Gasteiger partial charge >= 0.3 is 0 Å². The van der Waals surface area contributed by atoms with Crippen LogP contribution in [-0.4, -0.2) is 38.0 Å². The van der Waals surface area contributed by atoms with Crippen molar-refractivity contribution in [3.05, 3.63) is 29.8 Å². The first-order valence-corrected chi connectivity index (χ1v) is 6.97. The number of rotatable bonds is 5. The molecule has 6 heteroatoms. The lowest BCUT2D eigenvalue weighted by Crippen LogP contribution is -2.37. The normalized spacial score (nSPS) is 15.5. The maximum Gasteiger partial charge on any atom is 0.251 e. The van der Waals surface area contributed by atoms with Gasteiger partial charge in [-0.15, -0.1) is 12.4 Å². The van der Waals surface area contributed by atoms with E-state index in [2.05, 4.69) is 10.6 Å². The second kappa shape index (κ2) is 8.00. The average Bonchev–Trinajstić information content (AvgIpc) is 2.90. The maximum absolute atomic E-state index is 11.9. The van der Waals surface area contributed by atoms with E-state index in [9.17, 15) is 9.59 Å². The first kappa shape index (κ1) is 17.5. The molecule has 1 saturated heterocycles. The average molecular weight is 312 g/mol. The van der Waals surface area contributed by atoms with Crippen LogP contribution in [0.3, 0.4) is 0 Å². The van der Waals surface area contributed by atoms with Crippen molar-refractivity contribution in [2.45, 2.75) is 25.8 Å². The summed E-state index contributed by atoms with van der Waals surface area (Å²) < 4.78 is 0. The second-order valence-electron chi connectivity index (χ2n) is 5.10. The molecule has 0 radical (unpaired) electrons. The van der Waals surface area contributed by atoms with Crippen LogP contribution in [0.5, 0.6) is 0 Å². The number of hydrogen-bond acceptors (Lipinski definition) is 3. The van der Waals surface area contributed by atoms with Crippen molar-refractivity contribution in [3.63, 3.8) is 0 Å². The first-order valence-electron chi connectivity index (χ1n) is 6.97. The van der Waals surface area contributed by atoms with E-state index >= 15 is 0 Å². The van der Waals surface area contributed by atoms with E-state index < -0.39 is 0 Å². The molecule has 0 bridgehead atoms. The summed E-state index contributed by atoms with van der Waals surface area (Å²) in [6.45, 7) is 3.36. The van der Waals surface area contributed by atoms with Crippen LogP contribution in [0.15, 0.2) is 24.3 Å². The number of halogens is 1. The summed E-state index contributed by atoms with van der Waals surface area (Å²) >= 11 is 0. The molecular formula is C15H22ClN3O2. The molecule has 0 saturated carbocycles. The van der Waals surface area contributed by atoms with Crippen LogP contribution >= 0.6 is 12.4 Å². The minimum absolute atomic E-state index is 0. The lowest BCUT2D eigenvalue weighted by atomic mass is 10.2. The molecule has 1 aromatic carbocycles. The molecule has 1 aliphatic rings. The SMILES string of the molecule is CNC(C)CNC(=O)c1ccc(N2CCCC2=O)cc1.Cl. The summed E-state index contributed by atoms with van der Waals surface area (Å²) in [5.41, 5.74) is 1.48. The van der Waals surface area contributed by atoms with Gasteiger partial charge < -0.3 is 15.5 Å². The van der Waals surface area contributed by atoms with Gasteiger partial charge in [-0.1, -0.05) is 0 Å². The number of nitrogens with one attached hydrogen (secondary N) is 2. The largest absolute Gasteiger partial charge is 0.350 e. The molecule has 116 valence electrons. The number of amides is 2. The zero-order valence-corrected chi connectivity index (χ0v) is 13.2. The highest BCUT2D eigenvalue weighted by atomic mass is 35.5. The van der Waals surface area contributed by atoms with Crippen molar-refractivity contribution in [3.8, 4) is 0 Å². The van der Waals surface area contributed by atoms with Gasteiger partial charge in [-0.25, -0.2) is 0 Å². The van der Waals surface area contributed by atoms with Gasteiger partial charge in [0.05, 0.1) is 0 Å². The Morgan fingerprint density at radius 1 is 1.33 bits per heavy atom. The summed E-state index contributed by atoms with van der Waals surface area (Å²) in [6.07, 6.45) is 1.52. The topological polar surface area (TPSA) is 61.4 Å². The van der Waals surface area contributed by atoms with Crippen molar-refractivity contribution in [1.29, 1.82) is 0 Å². The molecule has 21 heavy (non-hydrogen) atoms. The van der Waals surface area contributed by atoms with Gasteiger partial charge in [-0.2, -0.15) is 0 Å². The van der Waals surface area contributed by atoms with Crippen LogP contribution in [0.4, 0.5) is 5.69 Å². The standard InChI is InChI=1S/C15H21N3O2.ClH/c1-11(16-2)10-17-15(20)12-5-7-13(8-6-12)18-9-3-4-14(18)19;/h5-8,11,16H,3-4,9-10H2,1-2H3,(H,17,20);1H. The van der Waals surface area contributed by atoms with Crippen LogP contribution < -0.4 is 15.5 Å². The van der Waals surface area contributed by atoms with Gasteiger partial charge in [0.15, 0.2) is 0 Å². The number of nitrogens with zero attached hydrogens (tertiary/aromatic N) is 1. The van der Waals surface area contributed by atoms with Crippen molar-refractivity contribution in [2.75, 3.05) is 25.0 Å². The molecule has 1 aliphatic heterocycles. The molecular weight excluding hydrogens is 290 g/mol. The van der Waals surface area contributed by atoms with Crippen molar-refractivity contribution in [2.24, 2.45) is 0 Å². The molecule has 2 N–H and O–H groups in total. The highest BCUT2D eigenvalue weighted by Gasteiger charge is 2.21. The van der Waals surface area contributed by atoms with E-state index in [0.717, 1.165) is 18.7 Å². The fourth-order valence-electron chi connectivity index (χ4n) is 2.16. The number of benzene rings is 1. The van der Waals surface area contributed by atoms with E-state index in [1.54, 1.807) is 17.0 Å². The van der Waals surface area contributed by atoms with Crippen molar-refractivity contribution >= 4 is 29.9 Å². The van der Waals surface area contributed by atoms with E-state index in [0.29, 0.717) is 18.5 Å². The van der Waals surface area contributed by atoms with Crippen LogP contribution in [0.2, 0.25) is 0 Å². The Bertz CT molecular complexity index is 490. The highest BCUT2D eigenvalue weighted by Crippen LogP contribution is 2.21. The zero-order chi connectivity index (χ0) is 14.5. The molecule has 1 heterocycles. The number of likely N-dealkylation sites (N-methyl/N-ethyl adjacent to an activating group) is 1. The lowest BCUT2D eigenvalue weighted by molar-refractivity contribution is -0.117. The van der Waals surface area contributed by atoms with Crippen LogP contribution in [0, 0.1) is 0 Å². The van der Waals surface area contributed by atoms with E-state index in [1.807, 2.05) is 26.1 Å². The van der Waals surface area contributed by atoms with Crippen molar-refractivity contribution < 1.29 is 9.59 Å². The fraction of sp³-hybridized carbons (Fsp3) is 0.467. The number of carbonyl (C=O) groups is 2. The quantitative estimate of drug-likeness (QED) is 0.868. The Hall–Kier alpha value is -1.59. The van der Waals surface area contributed by atoms with Crippen LogP contribution in [0.1, 0.15) is 30.1 Å². The summed E-state index contributed by atoms with van der Waals surface area (Å²) in [6, 6.07) is 7.43. The molecule has 1 fully saturated rings. The molecule has 2 rings (SSSR count). The van der Waals surface area contributed by atoms with E-state index in [1.165, 1.54) is 0 Å². The Kier molecular flexibility index (Phi) is 6.65. The van der Waals surface area contributed by atoms with Gasteiger partial charge in [0.2, 0.25) is 5.91 Å². The Morgan fingerprint density at radius 3 is 2.52 bits per heavy atom. The zero-order valence-electron chi connectivity index (χ0n) is 12.4. The van der Waals surface area contributed by atoms with Gasteiger partial charge in [-0.05, 0) is 44.7 Å². The van der Waals surface area contributed by atoms with E-state index in [-0.39, 0.29) is 30.3 Å². The van der Waals surface area contributed by atoms with Crippen LogP contribution in [-0.2, 0) is 4.79 Å². The summed E-state index contributed by atoms with van der Waals surface area (Å²) in [7, 11) is 1.86. The minimum atomic E-state index is -0.0913. The third kappa shape index (κ3) is 4.44. The highest BCUT2D eigenvalue weighted by molar-refractivity contribution is 5.97. The lowest BCUT2D eigenvalue weighted by Gasteiger charge is -2.16. The summed E-state index contributed by atoms with van der Waals surface area (Å²) in [5.74, 6) is 0.0662. The van der Waals surface area contributed by atoms with Gasteiger partial charge in [0.25, 0.3) is 5.91 Å². The Balaban J connectivity index is 0.00000220. The molecule has 1 aromatic rings. The maximum atomic E-state index is 11.9. The molecule has 0 aliphatic carbocycles. The monoisotopic (exact) mass is 311 g/mol. The third-order valence-electron chi connectivity index (χ3n) is 3.58. The van der Waals surface area contributed by atoms with Gasteiger partial charge in [-0.3, -0.25) is 9.59 Å². The molecule has 1 atom stereocenters. The fourth-order valence-corrected chi connectivity index (χ4v) is 2.16. The molecule has 5 nitrogen and oxygen atoms in total. The Labute approximate surface area is 131 Å². The smallest absolute Gasteiger partial charge is 0.251 e. The Morgan fingerprint density at radius 2 is 2.00 bits per heavy atom. The number of carbonyl (C=O) groups excluding carboxylic acids is 2. The third-order valence-corrected chi connectivity index (χ3v) is 3.58. The minimum Gasteiger partial charge on any atom is -0.350 e. The molecule has 0 spiro atoms. The van der Waals surface area contributed by atoms with Gasteiger partial charge in [0.1, 0.15) is 0 Å². The first-order chi connectivity index (χ1) is 9.61. The predicted octanol–water partition coefficient (Wildman–Crippen LogP) is 1.57. The van der Waals surface area contributed by atoms with E-state index in [4.69, 9.17) is 0 Å². The number of hydrogen-bond donors (Lipinski definition) is 2. The molecule has 0 aromatic heterocycles. The summed E-state index contributed by atoms with van der Waals surface area (Å²) in [5, 5.41) is 5.93. The van der Waals surface area contributed by atoms with Crippen LogP contribution in [0.25, 0.3) is 0 Å². The predicted molar refractivity (Wildman–Crippen MR) is 86.1 cm³/mol. The number of anilines is 1. The summed E-state index contributed by atoms with van der Waals surface area (Å²) in [4.78, 5) is 25.4. The van der Waals surface area contributed by atoms with Crippen molar-refractivity contribution in [1.82, 2.24) is 10.6 Å². The van der Waals surface area contributed by atoms with Gasteiger partial charge in [0, 0.05) is 36.8 Å². The second-order valence-corrected chi connectivity index (χ2v) is 5.10.